The number of carbonyl (C=O) groups is 2. The smallest absolute Gasteiger partial charge is 0.323 e. The molecule has 0 radical (unpaired) electrons. The van der Waals surface area contributed by atoms with Gasteiger partial charge in [0.25, 0.3) is 0 Å². The first-order valence-corrected chi connectivity index (χ1v) is 7.27. The Kier molecular flexibility index (Phi) is 6.28. The molecule has 1 unspecified atom stereocenters. The van der Waals surface area contributed by atoms with Gasteiger partial charge in [-0.05, 0) is 32.2 Å². The molecule has 1 rings (SSSR count). The number of amides is 1. The van der Waals surface area contributed by atoms with Gasteiger partial charge in [-0.2, -0.15) is 0 Å². The van der Waals surface area contributed by atoms with Crippen molar-refractivity contribution in [3.63, 3.8) is 0 Å². The quantitative estimate of drug-likeness (QED) is 0.735. The first-order chi connectivity index (χ1) is 9.05. The molecule has 1 heterocycles. The van der Waals surface area contributed by atoms with Gasteiger partial charge in [-0.25, -0.2) is 0 Å². The van der Waals surface area contributed by atoms with Crippen molar-refractivity contribution in [2.45, 2.75) is 46.0 Å². The highest BCUT2D eigenvalue weighted by atomic mass is 16.4. The number of carboxylic acids is 1. The highest BCUT2D eigenvalue weighted by molar-refractivity contribution is 5.86. The van der Waals surface area contributed by atoms with Gasteiger partial charge in [0.15, 0.2) is 0 Å². The third-order valence-corrected chi connectivity index (χ3v) is 3.76. The molecular weight excluding hydrogens is 244 g/mol. The SMILES string of the molecule is CCCN(CC(=O)O)C(=O)C1(CCC)CCCNC1. The van der Waals surface area contributed by atoms with Crippen LogP contribution in [0.5, 0.6) is 0 Å². The number of aliphatic carboxylic acids is 1. The van der Waals surface area contributed by atoms with Crippen LogP contribution in [0.4, 0.5) is 0 Å². The Morgan fingerprint density at radius 1 is 1.32 bits per heavy atom. The van der Waals surface area contributed by atoms with Gasteiger partial charge in [0, 0.05) is 13.1 Å². The van der Waals surface area contributed by atoms with Crippen LogP contribution in [0.2, 0.25) is 0 Å². The zero-order chi connectivity index (χ0) is 14.3. The fraction of sp³-hybridized carbons (Fsp3) is 0.857. The lowest BCUT2D eigenvalue weighted by molar-refractivity contribution is -0.151. The van der Waals surface area contributed by atoms with Gasteiger partial charge in [0.2, 0.25) is 5.91 Å². The van der Waals surface area contributed by atoms with Gasteiger partial charge >= 0.3 is 5.97 Å². The second-order valence-corrected chi connectivity index (χ2v) is 5.43. The van der Waals surface area contributed by atoms with E-state index in [0.29, 0.717) is 13.1 Å². The molecule has 1 fully saturated rings. The molecule has 1 saturated heterocycles. The summed E-state index contributed by atoms with van der Waals surface area (Å²) < 4.78 is 0. The summed E-state index contributed by atoms with van der Waals surface area (Å²) in [6.07, 6.45) is 4.42. The summed E-state index contributed by atoms with van der Waals surface area (Å²) in [5.41, 5.74) is -0.391. The summed E-state index contributed by atoms with van der Waals surface area (Å²) in [5, 5.41) is 12.3. The van der Waals surface area contributed by atoms with Crippen molar-refractivity contribution in [3.05, 3.63) is 0 Å². The summed E-state index contributed by atoms with van der Waals surface area (Å²) in [4.78, 5) is 25.2. The maximum Gasteiger partial charge on any atom is 0.323 e. The molecule has 1 aliphatic heterocycles. The van der Waals surface area contributed by atoms with Crippen LogP contribution in [0.15, 0.2) is 0 Å². The maximum atomic E-state index is 12.8. The van der Waals surface area contributed by atoms with E-state index in [1.54, 1.807) is 0 Å². The van der Waals surface area contributed by atoms with Crippen LogP contribution in [-0.4, -0.2) is 48.1 Å². The molecule has 0 aromatic rings. The van der Waals surface area contributed by atoms with E-state index >= 15 is 0 Å². The molecule has 1 amide bonds. The Balaban J connectivity index is 2.85. The molecule has 0 aliphatic carbocycles. The number of nitrogens with one attached hydrogen (secondary N) is 1. The van der Waals surface area contributed by atoms with Crippen LogP contribution in [-0.2, 0) is 9.59 Å². The van der Waals surface area contributed by atoms with E-state index < -0.39 is 11.4 Å². The predicted molar refractivity (Wildman–Crippen MR) is 74.0 cm³/mol. The zero-order valence-electron chi connectivity index (χ0n) is 12.1. The van der Waals surface area contributed by atoms with Gasteiger partial charge in [0.1, 0.15) is 6.54 Å². The Morgan fingerprint density at radius 2 is 2.05 bits per heavy atom. The zero-order valence-corrected chi connectivity index (χ0v) is 12.1. The van der Waals surface area contributed by atoms with Gasteiger partial charge in [-0.15, -0.1) is 0 Å². The Morgan fingerprint density at radius 3 is 2.53 bits per heavy atom. The summed E-state index contributed by atoms with van der Waals surface area (Å²) >= 11 is 0. The molecule has 19 heavy (non-hydrogen) atoms. The lowest BCUT2D eigenvalue weighted by Crippen LogP contribution is -2.53. The second-order valence-electron chi connectivity index (χ2n) is 5.43. The van der Waals surface area contributed by atoms with Crippen molar-refractivity contribution >= 4 is 11.9 Å². The average Bonchev–Trinajstić information content (AvgIpc) is 2.38. The molecule has 1 aliphatic rings. The van der Waals surface area contributed by atoms with E-state index in [2.05, 4.69) is 12.2 Å². The fourth-order valence-electron chi connectivity index (χ4n) is 2.97. The van der Waals surface area contributed by atoms with Crippen molar-refractivity contribution in [2.24, 2.45) is 5.41 Å². The molecule has 5 heteroatoms. The van der Waals surface area contributed by atoms with E-state index in [4.69, 9.17) is 5.11 Å². The first-order valence-electron chi connectivity index (χ1n) is 7.27. The minimum absolute atomic E-state index is 0.0193. The highest BCUT2D eigenvalue weighted by Gasteiger charge is 2.41. The monoisotopic (exact) mass is 270 g/mol. The van der Waals surface area contributed by atoms with E-state index in [-0.39, 0.29) is 12.5 Å². The summed E-state index contributed by atoms with van der Waals surface area (Å²) in [5.74, 6) is -0.914. The van der Waals surface area contributed by atoms with E-state index in [1.165, 1.54) is 4.90 Å². The number of hydrogen-bond donors (Lipinski definition) is 2. The summed E-state index contributed by atoms with van der Waals surface area (Å²) in [7, 11) is 0. The molecule has 0 spiro atoms. The van der Waals surface area contributed by atoms with Crippen molar-refractivity contribution in [2.75, 3.05) is 26.2 Å². The molecule has 110 valence electrons. The average molecular weight is 270 g/mol. The Labute approximate surface area is 115 Å². The predicted octanol–water partition coefficient (Wildman–Crippen LogP) is 1.48. The van der Waals surface area contributed by atoms with Gasteiger partial charge in [-0.1, -0.05) is 20.3 Å². The molecule has 0 saturated carbocycles. The van der Waals surface area contributed by atoms with Crippen LogP contribution < -0.4 is 5.32 Å². The molecule has 0 bridgehead atoms. The van der Waals surface area contributed by atoms with Crippen LogP contribution in [0.3, 0.4) is 0 Å². The van der Waals surface area contributed by atoms with Gasteiger partial charge in [-0.3, -0.25) is 9.59 Å². The number of piperidine rings is 1. The number of rotatable bonds is 7. The number of carbonyl (C=O) groups excluding carboxylic acids is 1. The minimum atomic E-state index is -0.933. The molecular formula is C14H26N2O3. The molecule has 0 aromatic heterocycles. The fourth-order valence-corrected chi connectivity index (χ4v) is 2.97. The lowest BCUT2D eigenvalue weighted by Gasteiger charge is -2.39. The minimum Gasteiger partial charge on any atom is -0.480 e. The standard InChI is InChI=1S/C14H26N2O3/c1-3-6-14(7-5-8-15-11-14)13(19)16(9-4-2)10-12(17)18/h15H,3-11H2,1-2H3,(H,17,18). The second kappa shape index (κ2) is 7.48. The molecule has 1 atom stereocenters. The normalized spacial score (nSPS) is 23.1. The highest BCUT2D eigenvalue weighted by Crippen LogP contribution is 2.33. The number of carboxylic acid groups (broad SMARTS) is 1. The van der Waals surface area contributed by atoms with Crippen molar-refractivity contribution < 1.29 is 14.7 Å². The topological polar surface area (TPSA) is 69.6 Å². The molecule has 5 nitrogen and oxygen atoms in total. The van der Waals surface area contributed by atoms with Gasteiger partial charge in [0.05, 0.1) is 5.41 Å². The third-order valence-electron chi connectivity index (χ3n) is 3.76. The summed E-state index contributed by atoms with van der Waals surface area (Å²) in [6, 6.07) is 0. The first kappa shape index (κ1) is 16.0. The lowest BCUT2D eigenvalue weighted by atomic mass is 9.75. The maximum absolute atomic E-state index is 12.8. The Bertz CT molecular complexity index is 306. The van der Waals surface area contributed by atoms with Crippen LogP contribution in [0.25, 0.3) is 0 Å². The van der Waals surface area contributed by atoms with Gasteiger partial charge < -0.3 is 15.3 Å². The van der Waals surface area contributed by atoms with E-state index in [9.17, 15) is 9.59 Å². The molecule has 0 aromatic carbocycles. The van der Waals surface area contributed by atoms with Crippen molar-refractivity contribution in [1.82, 2.24) is 10.2 Å². The van der Waals surface area contributed by atoms with E-state index in [1.807, 2.05) is 6.92 Å². The molecule has 2 N–H and O–H groups in total. The van der Waals surface area contributed by atoms with Crippen molar-refractivity contribution in [3.8, 4) is 0 Å². The van der Waals surface area contributed by atoms with Crippen molar-refractivity contribution in [1.29, 1.82) is 0 Å². The third kappa shape index (κ3) is 4.20. The Hall–Kier alpha value is -1.10. The number of hydrogen-bond acceptors (Lipinski definition) is 3. The van der Waals surface area contributed by atoms with Crippen LogP contribution in [0, 0.1) is 5.41 Å². The van der Waals surface area contributed by atoms with Crippen LogP contribution in [0.1, 0.15) is 46.0 Å². The number of nitrogens with zero attached hydrogens (tertiary/aromatic N) is 1. The largest absolute Gasteiger partial charge is 0.480 e. The van der Waals surface area contributed by atoms with Crippen LogP contribution >= 0.6 is 0 Å². The summed E-state index contributed by atoms with van der Waals surface area (Å²) in [6.45, 7) is 6.01. The van der Waals surface area contributed by atoms with E-state index in [0.717, 1.165) is 38.6 Å².